The topological polar surface area (TPSA) is 245 Å². The summed E-state index contributed by atoms with van der Waals surface area (Å²) in [5, 5.41) is 12.3. The number of hydrogen-bond donors (Lipinski definition) is 5. The molecule has 143 heavy (non-hydrogen) atoms. The lowest BCUT2D eigenvalue weighted by Gasteiger charge is -2.38. The van der Waals surface area contributed by atoms with Gasteiger partial charge in [-0.1, -0.05) is 88.2 Å². The normalized spacial score (nSPS) is 15.2. The fraction of sp³-hybridized carbons (Fsp3) is 0.360. The fourth-order valence-corrected chi connectivity index (χ4v) is 17.3. The van der Waals surface area contributed by atoms with Crippen molar-refractivity contribution < 1.29 is 140 Å². The standard InChI is InChI=1S/C35H32F5N3O5.C33H33F8N3O4.C32H31F8N3O4/c1-19(46-3)29(41-33(44)32-27(36)14-22(15-28(32)37)43-10-11-47-18-31(43)35(38,39)40)13-20-8-9-23(26-17-48-16-25(20)26)24-12-21-6-4-5-7-30(21)42(2)34(24)45;1-6-26(33(39,40)41)42-19-14-23(34)28(24(35)15-19)30(45)43-25(17(3)47-5)13-18-9-10-21(29-20(18)8-7-11-48-29)27-22(32(36,37)38)12-16(2)44(4)31(27)46;1-6-26(32(38,39)40)41-18-11-23(33)28(24(34)12-18)29(44)42-25(16(3)46-5)10-17-7-8-19(21-14-47-13-20(17)21)27-22(31(35,36)37)9-15(2)43(4)30(27)45/h4-9,12,14-15,29,31H,1,10-11,13,16-18H2,2-3H3,(H,41,44);9-10,12,14-15,25-26,42H,3,6-8,11,13H2,1-2,4-5H3,(H,43,45);7-9,11-12,25-26,41H,3,6,10,13-14H2,1-2,4-5H3,(H,42,44)/t29-,31+;2*25-,26+/m000/s1. The summed E-state index contributed by atoms with van der Waals surface area (Å²) in [4.78, 5) is 80.1. The molecule has 6 atom stereocenters. The summed E-state index contributed by atoms with van der Waals surface area (Å²) in [5.74, 6) is -12.0. The van der Waals surface area contributed by atoms with Crippen LogP contribution in [0.1, 0.15) is 131 Å². The van der Waals surface area contributed by atoms with E-state index in [-0.39, 0.29) is 122 Å². The van der Waals surface area contributed by atoms with Gasteiger partial charge in [-0.05, 0) is 161 Å². The number of carbonyl (C=O) groups is 3. The molecular weight excluding hydrogens is 1930 g/mol. The van der Waals surface area contributed by atoms with Crippen molar-refractivity contribution in [1.82, 2.24) is 29.7 Å². The summed E-state index contributed by atoms with van der Waals surface area (Å²) < 4.78 is 336. The Labute approximate surface area is 803 Å². The minimum absolute atomic E-state index is 0.0222. The number of morpholine rings is 1. The molecule has 22 nitrogen and oxygen atoms in total. The molecule has 4 aliphatic heterocycles. The van der Waals surface area contributed by atoms with Crippen molar-refractivity contribution in [3.63, 3.8) is 0 Å². The van der Waals surface area contributed by atoms with Crippen LogP contribution in [-0.4, -0.2) is 134 Å². The van der Waals surface area contributed by atoms with Gasteiger partial charge in [-0.15, -0.1) is 0 Å². The maximum atomic E-state index is 15.3. The van der Waals surface area contributed by atoms with E-state index in [0.29, 0.717) is 88.2 Å². The SMILES string of the molecule is C=C(OC)[C@H](Cc1ccc(-c2c(C(F)(F)F)cc(C)n(C)c2=O)c2c1CCCO2)NC(=O)c1c(F)cc(N[C@H](CC)C(F)(F)F)cc1F.C=C(OC)[C@H](Cc1ccc(-c2c(C(F)(F)F)cc(C)n(C)c2=O)c2c1COC2)NC(=O)c1c(F)cc(N[C@H](CC)C(F)(F)F)cc1F.C=C(OC)[C@H](Cc1ccc(-c2cc3ccccc3n(C)c2=O)c2c1COC2)NC(=O)c1c(F)cc(N2CCOC[C@@H]2C(F)(F)F)cc1F. The molecule has 14 rings (SSSR count). The summed E-state index contributed by atoms with van der Waals surface area (Å²) in [6.45, 7) is 16.1. The number of nitrogens with one attached hydrogen (secondary N) is 5. The predicted molar refractivity (Wildman–Crippen MR) is 487 cm³/mol. The average molecular weight is 2030 g/mol. The molecule has 0 radical (unpaired) electrons. The first kappa shape index (κ1) is 108. The molecule has 10 aromatic rings. The Morgan fingerprint density at radius 2 is 0.839 bits per heavy atom. The van der Waals surface area contributed by atoms with Crippen LogP contribution in [0.25, 0.3) is 44.3 Å². The van der Waals surface area contributed by atoms with Crippen molar-refractivity contribution in [3.05, 3.63) is 302 Å². The highest BCUT2D eigenvalue weighted by Crippen LogP contribution is 2.46. The molecule has 766 valence electrons. The van der Waals surface area contributed by atoms with Crippen LogP contribution in [0.15, 0.2) is 167 Å². The first-order valence-corrected chi connectivity index (χ1v) is 44.2. The van der Waals surface area contributed by atoms with E-state index in [1.54, 1.807) is 23.7 Å². The quantitative estimate of drug-likeness (QED) is 0.0226. The van der Waals surface area contributed by atoms with Gasteiger partial charge in [-0.2, -0.15) is 65.9 Å². The number of aromatic nitrogens is 3. The van der Waals surface area contributed by atoms with Gasteiger partial charge in [0.15, 0.2) is 0 Å². The summed E-state index contributed by atoms with van der Waals surface area (Å²) in [6.07, 6.45) is -23.9. The second kappa shape index (κ2) is 43.6. The Bertz CT molecular complexity index is 6720. The summed E-state index contributed by atoms with van der Waals surface area (Å²) in [6, 6.07) is 14.6. The summed E-state index contributed by atoms with van der Waals surface area (Å²) in [7, 11) is 8.23. The molecule has 43 heteroatoms. The second-order valence-corrected chi connectivity index (χ2v) is 34.1. The molecule has 3 amide bonds. The van der Waals surface area contributed by atoms with Crippen LogP contribution in [0, 0.1) is 48.8 Å². The van der Waals surface area contributed by atoms with Gasteiger partial charge >= 0.3 is 30.9 Å². The van der Waals surface area contributed by atoms with Crippen LogP contribution < -0.4 is 52.9 Å². The number of aryl methyl sites for hydroxylation is 3. The monoisotopic (exact) mass is 2030 g/mol. The van der Waals surface area contributed by atoms with Gasteiger partial charge in [0.05, 0.1) is 113 Å². The molecule has 0 unspecified atom stereocenters. The lowest BCUT2D eigenvalue weighted by molar-refractivity contribution is -0.167. The van der Waals surface area contributed by atoms with Crippen LogP contribution in [0.2, 0.25) is 0 Å². The largest absolute Gasteiger partial charge is 0.500 e. The van der Waals surface area contributed by atoms with E-state index < -0.39 is 201 Å². The van der Waals surface area contributed by atoms with E-state index in [2.05, 4.69) is 35.7 Å². The third kappa shape index (κ3) is 23.6. The van der Waals surface area contributed by atoms with E-state index in [0.717, 1.165) is 53.8 Å². The van der Waals surface area contributed by atoms with E-state index in [4.69, 9.17) is 33.2 Å². The number of alkyl halides is 15. The lowest BCUT2D eigenvalue weighted by Crippen LogP contribution is -2.53. The van der Waals surface area contributed by atoms with E-state index in [1.165, 1.54) is 87.4 Å². The zero-order valence-corrected chi connectivity index (χ0v) is 78.2. The average Bonchev–Trinajstić information content (AvgIpc) is 1.73. The molecule has 0 saturated carbocycles. The summed E-state index contributed by atoms with van der Waals surface area (Å²) >= 11 is 0. The Balaban J connectivity index is 0.000000191. The molecule has 5 N–H and O–H groups in total. The number of amides is 3. The number of ether oxygens (including phenoxy) is 7. The molecule has 0 aliphatic carbocycles. The molecule has 1 saturated heterocycles. The maximum Gasteiger partial charge on any atom is 0.417 e. The Hall–Kier alpha value is -13.7. The first-order valence-electron chi connectivity index (χ1n) is 44.2. The van der Waals surface area contributed by atoms with Crippen LogP contribution in [0.5, 0.6) is 5.75 Å². The number of nitrogens with zero attached hydrogens (tertiary/aromatic N) is 4. The highest BCUT2D eigenvalue weighted by atomic mass is 19.4. The minimum Gasteiger partial charge on any atom is -0.500 e. The molecule has 7 heterocycles. The first-order chi connectivity index (χ1) is 67.1. The third-order valence-corrected chi connectivity index (χ3v) is 25.2. The van der Waals surface area contributed by atoms with Gasteiger partial charge in [0.2, 0.25) is 0 Å². The number of rotatable bonds is 28. The Morgan fingerprint density at radius 1 is 0.455 bits per heavy atom. The van der Waals surface area contributed by atoms with E-state index in [9.17, 15) is 103 Å². The highest BCUT2D eigenvalue weighted by Gasteiger charge is 2.48. The number of benzene rings is 7. The van der Waals surface area contributed by atoms with Crippen molar-refractivity contribution >= 4 is 45.7 Å². The smallest absolute Gasteiger partial charge is 0.417 e. The molecular formula is C100H96F21N9O13. The van der Waals surface area contributed by atoms with Gasteiger partial charge in [0, 0.05) is 86.5 Å². The summed E-state index contributed by atoms with van der Waals surface area (Å²) in [5.41, 5.74) is -3.10. The van der Waals surface area contributed by atoms with Crippen LogP contribution in [-0.2, 0) is 114 Å². The minimum atomic E-state index is -4.85. The number of fused-ring (bicyclic) bond motifs is 4. The van der Waals surface area contributed by atoms with Gasteiger partial charge in [-0.25, -0.2) is 26.3 Å². The van der Waals surface area contributed by atoms with Crippen molar-refractivity contribution in [3.8, 4) is 39.1 Å². The second-order valence-electron chi connectivity index (χ2n) is 34.1. The number of hydrogen-bond acceptors (Lipinski definition) is 16. The number of halogens is 21. The number of anilines is 3. The third-order valence-electron chi connectivity index (χ3n) is 25.2. The molecule has 4 aliphatic rings. The number of pyridine rings is 3. The zero-order chi connectivity index (χ0) is 105. The molecule has 0 bridgehead atoms. The molecule has 0 spiro atoms. The predicted octanol–water partition coefficient (Wildman–Crippen LogP) is 20.0. The van der Waals surface area contributed by atoms with Gasteiger partial charge in [-0.3, -0.25) is 28.8 Å². The van der Waals surface area contributed by atoms with Crippen molar-refractivity contribution in [2.24, 2.45) is 21.1 Å². The molecule has 3 aromatic heterocycles. The maximum absolute atomic E-state index is 15.3. The van der Waals surface area contributed by atoms with Gasteiger partial charge in [0.1, 0.15) is 92.7 Å². The molecule has 7 aromatic carbocycles. The van der Waals surface area contributed by atoms with E-state index >= 15 is 17.6 Å². The lowest BCUT2D eigenvalue weighted by atomic mass is 9.89. The Kier molecular flexibility index (Phi) is 33.0. The zero-order valence-electron chi connectivity index (χ0n) is 78.2. The number of para-hydroxylation sites is 1. The van der Waals surface area contributed by atoms with Gasteiger partial charge in [0.25, 0.3) is 34.4 Å². The van der Waals surface area contributed by atoms with Crippen molar-refractivity contribution in [2.45, 2.75) is 166 Å². The highest BCUT2D eigenvalue weighted by molar-refractivity contribution is 5.97. The number of carbonyl (C=O) groups excluding carboxylic acids is 3. The van der Waals surface area contributed by atoms with Gasteiger partial charge < -0.3 is 78.3 Å². The van der Waals surface area contributed by atoms with Crippen molar-refractivity contribution in [2.75, 3.05) is 63.2 Å². The fourth-order valence-electron chi connectivity index (χ4n) is 17.3. The number of methoxy groups -OCH3 is 3. The van der Waals surface area contributed by atoms with Crippen molar-refractivity contribution in [1.29, 1.82) is 0 Å². The van der Waals surface area contributed by atoms with Crippen LogP contribution >= 0.6 is 0 Å². The van der Waals surface area contributed by atoms with E-state index in [1.807, 2.05) is 41.0 Å². The van der Waals surface area contributed by atoms with Crippen LogP contribution in [0.3, 0.4) is 0 Å². The van der Waals surface area contributed by atoms with Crippen LogP contribution in [0.4, 0.5) is 109 Å². The Morgan fingerprint density at radius 3 is 1.24 bits per heavy atom. The molecule has 1 fully saturated rings.